The minimum Gasteiger partial charge on any atom is -0.379 e. The summed E-state index contributed by atoms with van der Waals surface area (Å²) in [6, 6.07) is 10.6. The fraction of sp³-hybridized carbons (Fsp3) is 0.316. The summed E-state index contributed by atoms with van der Waals surface area (Å²) in [6.07, 6.45) is 5.32. The lowest BCUT2D eigenvalue weighted by Gasteiger charge is -2.26. The summed E-state index contributed by atoms with van der Waals surface area (Å²) >= 11 is 3.50. The van der Waals surface area contributed by atoms with Crippen molar-refractivity contribution in [1.82, 2.24) is 9.88 Å². The summed E-state index contributed by atoms with van der Waals surface area (Å²) in [4.78, 5) is 7.12. The third-order valence-corrected chi connectivity index (χ3v) is 5.02. The molecule has 118 valence electrons. The van der Waals surface area contributed by atoms with Gasteiger partial charge in [0.25, 0.3) is 0 Å². The van der Waals surface area contributed by atoms with E-state index in [1.54, 1.807) is 0 Å². The summed E-state index contributed by atoms with van der Waals surface area (Å²) in [5.74, 6) is 0. The number of fused-ring (bicyclic) bond motifs is 1. The highest BCUT2D eigenvalue weighted by Crippen LogP contribution is 2.33. The minimum atomic E-state index is 0.853. The molecule has 0 amide bonds. The maximum absolute atomic E-state index is 5.44. The highest BCUT2D eigenvalue weighted by molar-refractivity contribution is 9.10. The van der Waals surface area contributed by atoms with Crippen molar-refractivity contribution in [3.05, 3.63) is 57.7 Å². The van der Waals surface area contributed by atoms with Crippen molar-refractivity contribution >= 4 is 22.0 Å². The van der Waals surface area contributed by atoms with Crippen LogP contribution in [0.4, 0.5) is 0 Å². The van der Waals surface area contributed by atoms with E-state index in [0.717, 1.165) is 49.4 Å². The van der Waals surface area contributed by atoms with Crippen LogP contribution in [-0.2, 0) is 11.2 Å². The van der Waals surface area contributed by atoms with Crippen molar-refractivity contribution in [3.63, 3.8) is 0 Å². The molecule has 0 radical (unpaired) electrons. The molecular weight excluding hydrogens is 352 g/mol. The van der Waals surface area contributed by atoms with Gasteiger partial charge in [0.1, 0.15) is 0 Å². The van der Waals surface area contributed by atoms with Gasteiger partial charge in [-0.05, 0) is 30.2 Å². The Morgan fingerprint density at radius 3 is 2.65 bits per heavy atom. The van der Waals surface area contributed by atoms with Gasteiger partial charge in [-0.15, -0.1) is 0 Å². The number of ether oxygens (including phenoxy) is 1. The lowest BCUT2D eigenvalue weighted by atomic mass is 10.0. The van der Waals surface area contributed by atoms with Crippen LogP contribution >= 0.6 is 15.9 Å². The molecule has 3 nitrogen and oxygen atoms in total. The number of aromatic nitrogens is 1. The third kappa shape index (κ3) is 3.25. The van der Waals surface area contributed by atoms with Crippen molar-refractivity contribution in [2.45, 2.75) is 6.42 Å². The SMILES string of the molecule is Brc1ccc(-c2nccc3c2C=C(CN2CCOCC2)C3)cc1. The fourth-order valence-electron chi connectivity index (χ4n) is 3.31. The molecule has 1 fully saturated rings. The normalized spacial score (nSPS) is 17.9. The molecule has 1 aromatic heterocycles. The van der Waals surface area contributed by atoms with Gasteiger partial charge in [0.2, 0.25) is 0 Å². The molecule has 2 aromatic rings. The van der Waals surface area contributed by atoms with Crippen LogP contribution in [0, 0.1) is 0 Å². The molecule has 4 heteroatoms. The molecule has 0 N–H and O–H groups in total. The van der Waals surface area contributed by atoms with E-state index in [2.05, 4.69) is 62.2 Å². The number of nitrogens with zero attached hydrogens (tertiary/aromatic N) is 2. The van der Waals surface area contributed by atoms with Crippen molar-refractivity contribution in [3.8, 4) is 11.3 Å². The van der Waals surface area contributed by atoms with Gasteiger partial charge in [0.15, 0.2) is 0 Å². The zero-order valence-electron chi connectivity index (χ0n) is 13.0. The molecule has 4 rings (SSSR count). The van der Waals surface area contributed by atoms with E-state index in [-0.39, 0.29) is 0 Å². The molecule has 0 atom stereocenters. The Labute approximate surface area is 145 Å². The van der Waals surface area contributed by atoms with E-state index in [9.17, 15) is 0 Å². The van der Waals surface area contributed by atoms with Crippen LogP contribution in [0.3, 0.4) is 0 Å². The van der Waals surface area contributed by atoms with Crippen LogP contribution in [-0.4, -0.2) is 42.7 Å². The maximum atomic E-state index is 5.44. The number of hydrogen-bond acceptors (Lipinski definition) is 3. The second-order valence-electron chi connectivity index (χ2n) is 6.11. The molecular formula is C19H19BrN2O. The van der Waals surface area contributed by atoms with Gasteiger partial charge in [-0.3, -0.25) is 9.88 Å². The van der Waals surface area contributed by atoms with Crippen molar-refractivity contribution in [2.24, 2.45) is 0 Å². The van der Waals surface area contributed by atoms with Crippen LogP contribution in [0.25, 0.3) is 17.3 Å². The minimum absolute atomic E-state index is 0.853. The number of rotatable bonds is 3. The van der Waals surface area contributed by atoms with Gasteiger partial charge in [-0.2, -0.15) is 0 Å². The van der Waals surface area contributed by atoms with Gasteiger partial charge >= 0.3 is 0 Å². The zero-order valence-corrected chi connectivity index (χ0v) is 14.6. The lowest BCUT2D eigenvalue weighted by Crippen LogP contribution is -2.37. The predicted molar refractivity (Wildman–Crippen MR) is 96.3 cm³/mol. The van der Waals surface area contributed by atoms with Crippen molar-refractivity contribution in [1.29, 1.82) is 0 Å². The number of hydrogen-bond donors (Lipinski definition) is 0. The average molecular weight is 371 g/mol. The van der Waals surface area contributed by atoms with E-state index < -0.39 is 0 Å². The van der Waals surface area contributed by atoms with E-state index in [4.69, 9.17) is 4.74 Å². The second-order valence-corrected chi connectivity index (χ2v) is 7.02. The molecule has 1 aliphatic carbocycles. The van der Waals surface area contributed by atoms with E-state index in [0.29, 0.717) is 0 Å². The average Bonchev–Trinajstić information content (AvgIpc) is 2.99. The summed E-state index contributed by atoms with van der Waals surface area (Å²) < 4.78 is 6.53. The van der Waals surface area contributed by atoms with Gasteiger partial charge in [0.05, 0.1) is 18.9 Å². The molecule has 2 heterocycles. The molecule has 0 bridgehead atoms. The Kier molecular flexibility index (Phi) is 4.29. The summed E-state index contributed by atoms with van der Waals surface area (Å²) in [6.45, 7) is 4.81. The second kappa shape index (κ2) is 6.56. The first-order valence-electron chi connectivity index (χ1n) is 8.03. The topological polar surface area (TPSA) is 25.4 Å². The summed E-state index contributed by atoms with van der Waals surface area (Å²) in [5, 5.41) is 0. The van der Waals surface area contributed by atoms with Crippen LogP contribution in [0.15, 0.2) is 46.6 Å². The molecule has 1 aromatic carbocycles. The van der Waals surface area contributed by atoms with Crippen molar-refractivity contribution < 1.29 is 4.74 Å². The first-order chi connectivity index (χ1) is 11.3. The smallest absolute Gasteiger partial charge is 0.0777 e. The highest BCUT2D eigenvalue weighted by Gasteiger charge is 2.20. The van der Waals surface area contributed by atoms with Crippen LogP contribution < -0.4 is 0 Å². The Hall–Kier alpha value is -1.49. The lowest BCUT2D eigenvalue weighted by molar-refractivity contribution is 0.0422. The molecule has 0 saturated carbocycles. The Morgan fingerprint density at radius 2 is 1.87 bits per heavy atom. The first kappa shape index (κ1) is 15.1. The van der Waals surface area contributed by atoms with Gasteiger partial charge in [-0.1, -0.05) is 39.7 Å². The largest absolute Gasteiger partial charge is 0.379 e. The number of benzene rings is 1. The maximum Gasteiger partial charge on any atom is 0.0777 e. The van der Waals surface area contributed by atoms with Crippen LogP contribution in [0.2, 0.25) is 0 Å². The van der Waals surface area contributed by atoms with Crippen molar-refractivity contribution in [2.75, 3.05) is 32.8 Å². The predicted octanol–water partition coefficient (Wildman–Crippen LogP) is 3.78. The Morgan fingerprint density at radius 1 is 1.09 bits per heavy atom. The first-order valence-corrected chi connectivity index (χ1v) is 8.82. The summed E-state index contributed by atoms with van der Waals surface area (Å²) in [5.41, 5.74) is 6.42. The van der Waals surface area contributed by atoms with Gasteiger partial charge in [0, 0.05) is 41.4 Å². The van der Waals surface area contributed by atoms with Gasteiger partial charge < -0.3 is 4.74 Å². The number of pyridine rings is 1. The molecule has 2 aliphatic rings. The summed E-state index contributed by atoms with van der Waals surface area (Å²) in [7, 11) is 0. The molecule has 0 spiro atoms. The highest BCUT2D eigenvalue weighted by atomic mass is 79.9. The fourth-order valence-corrected chi connectivity index (χ4v) is 3.58. The molecule has 1 saturated heterocycles. The molecule has 0 unspecified atom stereocenters. The van der Waals surface area contributed by atoms with Gasteiger partial charge in [-0.25, -0.2) is 0 Å². The van der Waals surface area contributed by atoms with Crippen LogP contribution in [0.1, 0.15) is 11.1 Å². The van der Waals surface area contributed by atoms with E-state index in [1.165, 1.54) is 22.3 Å². The van der Waals surface area contributed by atoms with Crippen LogP contribution in [0.5, 0.6) is 0 Å². The van der Waals surface area contributed by atoms with E-state index >= 15 is 0 Å². The zero-order chi connectivity index (χ0) is 15.6. The van der Waals surface area contributed by atoms with E-state index in [1.807, 2.05) is 6.20 Å². The third-order valence-electron chi connectivity index (χ3n) is 4.49. The Balaban J connectivity index is 1.61. The monoisotopic (exact) mass is 370 g/mol. The number of halogens is 1. The quantitative estimate of drug-likeness (QED) is 0.821. The molecule has 1 aliphatic heterocycles. The molecule has 23 heavy (non-hydrogen) atoms. The standard InChI is InChI=1S/C19H19BrN2O/c20-17-3-1-15(2-4-17)19-18-12-14(11-16(18)5-6-21-19)13-22-7-9-23-10-8-22/h1-6,12H,7-11,13H2. The number of morpholine rings is 1. The Bertz CT molecular complexity index is 734.